The monoisotopic (exact) mass is 200 g/mol. The first-order chi connectivity index (χ1) is 6.83. The van der Waals surface area contributed by atoms with Crippen LogP contribution in [0.3, 0.4) is 0 Å². The predicted molar refractivity (Wildman–Crippen MR) is 51.8 cm³/mol. The van der Waals surface area contributed by atoms with Gasteiger partial charge in [0.15, 0.2) is 0 Å². The summed E-state index contributed by atoms with van der Waals surface area (Å²) < 4.78 is 10.4. The Kier molecular flexibility index (Phi) is 5.21. The van der Waals surface area contributed by atoms with E-state index in [0.29, 0.717) is 33.0 Å². The third kappa shape index (κ3) is 4.36. The van der Waals surface area contributed by atoms with Crippen LogP contribution in [0, 0.1) is 0 Å². The molecule has 1 heterocycles. The minimum atomic E-state index is -0.158. The molecule has 14 heavy (non-hydrogen) atoms. The number of amides is 1. The molecule has 0 spiro atoms. The molecule has 1 aliphatic heterocycles. The summed E-state index contributed by atoms with van der Waals surface area (Å²) in [5, 5.41) is 2.76. The van der Waals surface area contributed by atoms with E-state index in [1.165, 1.54) is 6.08 Å². The summed E-state index contributed by atoms with van der Waals surface area (Å²) >= 11 is 0. The molecule has 0 atom stereocenters. The number of rotatable bonds is 3. The zero-order valence-corrected chi connectivity index (χ0v) is 8.07. The topological polar surface area (TPSA) is 73.6 Å². The van der Waals surface area contributed by atoms with Gasteiger partial charge in [0.05, 0.1) is 32.5 Å². The molecule has 0 radical (unpaired) electrons. The van der Waals surface area contributed by atoms with Crippen LogP contribution in [0.4, 0.5) is 0 Å². The van der Waals surface area contributed by atoms with Crippen molar-refractivity contribution in [3.8, 4) is 0 Å². The second kappa shape index (κ2) is 6.53. The highest BCUT2D eigenvalue weighted by molar-refractivity contribution is 5.87. The Hall–Kier alpha value is -0.910. The average molecular weight is 200 g/mol. The third-order valence-electron chi connectivity index (χ3n) is 1.76. The number of ether oxygens (including phenoxy) is 2. The number of hydrogen-bond acceptors (Lipinski definition) is 4. The molecule has 0 saturated carbocycles. The summed E-state index contributed by atoms with van der Waals surface area (Å²) in [4.78, 5) is 11.2. The van der Waals surface area contributed by atoms with Gasteiger partial charge in [0.2, 0.25) is 5.91 Å². The van der Waals surface area contributed by atoms with Gasteiger partial charge in [0.1, 0.15) is 0 Å². The highest BCUT2D eigenvalue weighted by Gasteiger charge is 2.13. The first-order valence-corrected chi connectivity index (χ1v) is 4.65. The molecule has 80 valence electrons. The lowest BCUT2D eigenvalue weighted by molar-refractivity contribution is -0.117. The van der Waals surface area contributed by atoms with Crippen LogP contribution in [0.2, 0.25) is 0 Å². The number of carbonyl (C=O) groups is 1. The minimum absolute atomic E-state index is 0.0626. The highest BCUT2D eigenvalue weighted by atomic mass is 16.5. The molecule has 1 saturated heterocycles. The molecule has 0 bridgehead atoms. The van der Waals surface area contributed by atoms with Crippen molar-refractivity contribution in [3.05, 3.63) is 12.2 Å². The van der Waals surface area contributed by atoms with Gasteiger partial charge in [0.25, 0.3) is 0 Å². The first-order valence-electron chi connectivity index (χ1n) is 4.65. The Balaban J connectivity index is 2.27. The van der Waals surface area contributed by atoms with E-state index in [1.54, 1.807) is 6.08 Å². The van der Waals surface area contributed by atoms with Crippen LogP contribution in [-0.4, -0.2) is 44.9 Å². The molecule has 0 aromatic heterocycles. The molecular weight excluding hydrogens is 184 g/mol. The number of hydrogen-bond donors (Lipinski definition) is 2. The van der Waals surface area contributed by atoms with Gasteiger partial charge in [-0.3, -0.25) is 4.79 Å². The lowest BCUT2D eigenvalue weighted by Crippen LogP contribution is -2.39. The van der Waals surface area contributed by atoms with Crippen molar-refractivity contribution in [2.75, 3.05) is 33.0 Å². The molecule has 1 aliphatic rings. The van der Waals surface area contributed by atoms with Gasteiger partial charge in [-0.1, -0.05) is 6.08 Å². The standard InChI is InChI=1S/C9H16N2O3/c10-3-1-2-9(12)11-8-6-13-4-5-14-7-8/h1-2,8H,3-7,10H2,(H,11,12)/b2-1+. The van der Waals surface area contributed by atoms with Gasteiger partial charge in [-0.25, -0.2) is 0 Å². The van der Waals surface area contributed by atoms with Crippen LogP contribution < -0.4 is 11.1 Å². The zero-order valence-electron chi connectivity index (χ0n) is 8.07. The van der Waals surface area contributed by atoms with E-state index in [4.69, 9.17) is 15.2 Å². The van der Waals surface area contributed by atoms with Crippen molar-refractivity contribution in [1.82, 2.24) is 5.32 Å². The van der Waals surface area contributed by atoms with Crippen LogP contribution in [-0.2, 0) is 14.3 Å². The molecular formula is C9H16N2O3. The maximum absolute atomic E-state index is 11.2. The molecule has 0 unspecified atom stereocenters. The summed E-state index contributed by atoms with van der Waals surface area (Å²) in [6.45, 7) is 2.55. The molecule has 0 aromatic carbocycles. The normalized spacial score (nSPS) is 19.5. The minimum Gasteiger partial charge on any atom is -0.377 e. The van der Waals surface area contributed by atoms with Gasteiger partial charge < -0.3 is 20.5 Å². The second-order valence-electron chi connectivity index (χ2n) is 2.99. The Bertz CT molecular complexity index is 198. The summed E-state index contributed by atoms with van der Waals surface area (Å²) in [5.41, 5.74) is 5.22. The average Bonchev–Trinajstić information content (AvgIpc) is 2.43. The van der Waals surface area contributed by atoms with Crippen molar-refractivity contribution in [3.63, 3.8) is 0 Å². The molecule has 3 N–H and O–H groups in total. The van der Waals surface area contributed by atoms with E-state index in [9.17, 15) is 4.79 Å². The summed E-state index contributed by atoms with van der Waals surface area (Å²) in [6, 6.07) is -0.0626. The van der Waals surface area contributed by atoms with Crippen LogP contribution in [0.15, 0.2) is 12.2 Å². The fraction of sp³-hybridized carbons (Fsp3) is 0.667. The van der Waals surface area contributed by atoms with Gasteiger partial charge in [-0.2, -0.15) is 0 Å². The SMILES string of the molecule is NC/C=C/C(=O)NC1COCCOC1. The molecule has 5 nitrogen and oxygen atoms in total. The van der Waals surface area contributed by atoms with E-state index < -0.39 is 0 Å². The summed E-state index contributed by atoms with van der Waals surface area (Å²) in [6.07, 6.45) is 3.03. The third-order valence-corrected chi connectivity index (χ3v) is 1.76. The molecule has 0 aromatic rings. The number of nitrogens with two attached hydrogens (primary N) is 1. The van der Waals surface area contributed by atoms with Crippen molar-refractivity contribution in [2.24, 2.45) is 5.73 Å². The van der Waals surface area contributed by atoms with Crippen molar-refractivity contribution < 1.29 is 14.3 Å². The highest BCUT2D eigenvalue weighted by Crippen LogP contribution is 1.94. The maximum Gasteiger partial charge on any atom is 0.244 e. The number of nitrogens with one attached hydrogen (secondary N) is 1. The second-order valence-corrected chi connectivity index (χ2v) is 2.99. The molecule has 5 heteroatoms. The van der Waals surface area contributed by atoms with Crippen molar-refractivity contribution in [1.29, 1.82) is 0 Å². The Morgan fingerprint density at radius 1 is 1.43 bits per heavy atom. The lowest BCUT2D eigenvalue weighted by atomic mass is 10.3. The molecule has 1 fully saturated rings. The molecule has 0 aliphatic carbocycles. The van der Waals surface area contributed by atoms with E-state index in [2.05, 4.69) is 5.32 Å². The van der Waals surface area contributed by atoms with Crippen LogP contribution in [0.5, 0.6) is 0 Å². The molecule has 1 rings (SSSR count). The maximum atomic E-state index is 11.2. The van der Waals surface area contributed by atoms with E-state index in [0.717, 1.165) is 0 Å². The first kappa shape index (κ1) is 11.2. The summed E-state index contributed by atoms with van der Waals surface area (Å²) in [5.74, 6) is -0.158. The quantitative estimate of drug-likeness (QED) is 0.575. The fourth-order valence-electron chi connectivity index (χ4n) is 1.12. The fourth-order valence-corrected chi connectivity index (χ4v) is 1.12. The number of carbonyl (C=O) groups excluding carboxylic acids is 1. The van der Waals surface area contributed by atoms with Gasteiger partial charge >= 0.3 is 0 Å². The zero-order chi connectivity index (χ0) is 10.2. The van der Waals surface area contributed by atoms with Gasteiger partial charge in [-0.15, -0.1) is 0 Å². The Morgan fingerprint density at radius 3 is 2.64 bits per heavy atom. The van der Waals surface area contributed by atoms with Crippen LogP contribution >= 0.6 is 0 Å². The van der Waals surface area contributed by atoms with Gasteiger partial charge in [0, 0.05) is 12.6 Å². The van der Waals surface area contributed by atoms with E-state index >= 15 is 0 Å². The smallest absolute Gasteiger partial charge is 0.244 e. The van der Waals surface area contributed by atoms with Gasteiger partial charge in [-0.05, 0) is 0 Å². The van der Waals surface area contributed by atoms with Crippen LogP contribution in [0.25, 0.3) is 0 Å². The van der Waals surface area contributed by atoms with Crippen molar-refractivity contribution in [2.45, 2.75) is 6.04 Å². The lowest BCUT2D eigenvalue weighted by Gasteiger charge is -2.13. The predicted octanol–water partition coefficient (Wildman–Crippen LogP) is -0.967. The van der Waals surface area contributed by atoms with E-state index in [1.807, 2.05) is 0 Å². The van der Waals surface area contributed by atoms with Crippen LogP contribution in [0.1, 0.15) is 0 Å². The van der Waals surface area contributed by atoms with E-state index in [-0.39, 0.29) is 11.9 Å². The van der Waals surface area contributed by atoms with Crippen molar-refractivity contribution >= 4 is 5.91 Å². The Morgan fingerprint density at radius 2 is 2.07 bits per heavy atom. The summed E-state index contributed by atoms with van der Waals surface area (Å²) in [7, 11) is 0. The largest absolute Gasteiger partial charge is 0.377 e. The molecule has 1 amide bonds. The Labute approximate surface area is 83.2 Å².